The standard InChI is InChI=1S/C21H22BrN3O6/c1-29-17-4-3-5-18(30-2)20(17)31-11-14(26)9-23-19(27)10-25-12-24-16-7-6-13(22)8-15(16)21(25)28/h3-8,12,14,26H,9-11H2,1-2H3,(H,23,27). The number of aromatic nitrogens is 2. The fourth-order valence-corrected chi connectivity index (χ4v) is 3.25. The number of nitrogens with one attached hydrogen (secondary N) is 1. The van der Waals surface area contributed by atoms with Crippen molar-refractivity contribution in [2.24, 2.45) is 0 Å². The van der Waals surface area contributed by atoms with Crippen LogP contribution in [0.2, 0.25) is 0 Å². The van der Waals surface area contributed by atoms with Crippen LogP contribution in [0.15, 0.2) is 52.0 Å². The van der Waals surface area contributed by atoms with E-state index in [1.807, 2.05) is 0 Å². The first kappa shape index (κ1) is 22.6. The number of nitrogens with zero attached hydrogens (tertiary/aromatic N) is 2. The Morgan fingerprint density at radius 2 is 1.94 bits per heavy atom. The Morgan fingerprint density at radius 1 is 1.23 bits per heavy atom. The highest BCUT2D eigenvalue weighted by Gasteiger charge is 2.15. The van der Waals surface area contributed by atoms with Crippen molar-refractivity contribution in [3.63, 3.8) is 0 Å². The topological polar surface area (TPSA) is 112 Å². The van der Waals surface area contributed by atoms with Gasteiger partial charge >= 0.3 is 0 Å². The molecule has 0 spiro atoms. The number of aliphatic hydroxyl groups is 1. The summed E-state index contributed by atoms with van der Waals surface area (Å²) in [6.07, 6.45) is 0.340. The highest BCUT2D eigenvalue weighted by Crippen LogP contribution is 2.36. The van der Waals surface area contributed by atoms with E-state index in [9.17, 15) is 14.7 Å². The van der Waals surface area contributed by atoms with Crippen LogP contribution in [0.4, 0.5) is 0 Å². The molecule has 0 fully saturated rings. The predicted molar refractivity (Wildman–Crippen MR) is 118 cm³/mol. The number of fused-ring (bicyclic) bond motifs is 1. The van der Waals surface area contributed by atoms with Crippen LogP contribution in [0.5, 0.6) is 17.2 Å². The second-order valence-corrected chi connectivity index (χ2v) is 7.52. The van der Waals surface area contributed by atoms with Crippen molar-refractivity contribution in [3.8, 4) is 17.2 Å². The molecule has 0 aliphatic carbocycles. The number of hydrogen-bond donors (Lipinski definition) is 2. The van der Waals surface area contributed by atoms with E-state index in [4.69, 9.17) is 14.2 Å². The van der Waals surface area contributed by atoms with Crippen molar-refractivity contribution < 1.29 is 24.1 Å². The molecule has 2 N–H and O–H groups in total. The van der Waals surface area contributed by atoms with Gasteiger partial charge in [0.1, 0.15) is 19.3 Å². The van der Waals surface area contributed by atoms with Crippen LogP contribution in [0, 0.1) is 0 Å². The SMILES string of the molecule is COc1cccc(OC)c1OCC(O)CNC(=O)Cn1cnc2ccc(Br)cc2c1=O. The fraction of sp³-hybridized carbons (Fsp3) is 0.286. The number of halogens is 1. The molecule has 10 heteroatoms. The average molecular weight is 492 g/mol. The van der Waals surface area contributed by atoms with Gasteiger partial charge in [0.25, 0.3) is 5.56 Å². The van der Waals surface area contributed by atoms with E-state index in [2.05, 4.69) is 26.2 Å². The van der Waals surface area contributed by atoms with E-state index in [0.29, 0.717) is 28.2 Å². The Balaban J connectivity index is 1.56. The van der Waals surface area contributed by atoms with Gasteiger partial charge in [-0.2, -0.15) is 0 Å². The summed E-state index contributed by atoms with van der Waals surface area (Å²) in [5.41, 5.74) is 0.220. The number of carbonyl (C=O) groups is 1. The summed E-state index contributed by atoms with van der Waals surface area (Å²) < 4.78 is 18.1. The first-order valence-electron chi connectivity index (χ1n) is 9.36. The lowest BCUT2D eigenvalue weighted by Crippen LogP contribution is -2.38. The number of hydrogen-bond acceptors (Lipinski definition) is 7. The lowest BCUT2D eigenvalue weighted by atomic mass is 10.2. The molecule has 0 aliphatic heterocycles. The van der Waals surface area contributed by atoms with Crippen molar-refractivity contribution in [3.05, 3.63) is 57.6 Å². The first-order valence-corrected chi connectivity index (χ1v) is 10.2. The second-order valence-electron chi connectivity index (χ2n) is 6.60. The zero-order valence-corrected chi connectivity index (χ0v) is 18.6. The summed E-state index contributed by atoms with van der Waals surface area (Å²) >= 11 is 3.32. The monoisotopic (exact) mass is 491 g/mol. The Morgan fingerprint density at radius 3 is 2.61 bits per heavy atom. The number of methoxy groups -OCH3 is 2. The molecule has 0 saturated carbocycles. The van der Waals surface area contributed by atoms with Gasteiger partial charge in [0.15, 0.2) is 11.5 Å². The third-order valence-corrected chi connectivity index (χ3v) is 4.93. The van der Waals surface area contributed by atoms with Gasteiger partial charge in [-0.05, 0) is 30.3 Å². The van der Waals surface area contributed by atoms with Gasteiger partial charge < -0.3 is 24.6 Å². The van der Waals surface area contributed by atoms with Crippen molar-refractivity contribution >= 4 is 32.7 Å². The summed E-state index contributed by atoms with van der Waals surface area (Å²) in [6.45, 7) is -0.373. The molecule has 2 aromatic carbocycles. The van der Waals surface area contributed by atoms with E-state index in [1.54, 1.807) is 36.4 Å². The van der Waals surface area contributed by atoms with Crippen molar-refractivity contribution in [1.82, 2.24) is 14.9 Å². The summed E-state index contributed by atoms with van der Waals surface area (Å²) in [4.78, 5) is 29.0. The molecule has 31 heavy (non-hydrogen) atoms. The van der Waals surface area contributed by atoms with Crippen LogP contribution >= 0.6 is 15.9 Å². The molecular formula is C21H22BrN3O6. The fourth-order valence-electron chi connectivity index (χ4n) is 2.88. The number of rotatable bonds is 9. The maximum absolute atomic E-state index is 12.6. The number of benzene rings is 2. The summed E-state index contributed by atoms with van der Waals surface area (Å²) in [6, 6.07) is 10.3. The molecule has 1 heterocycles. The zero-order valence-electron chi connectivity index (χ0n) is 17.0. The molecule has 0 saturated heterocycles. The minimum Gasteiger partial charge on any atom is -0.493 e. The van der Waals surface area contributed by atoms with Gasteiger partial charge in [0.05, 0.1) is 31.4 Å². The first-order chi connectivity index (χ1) is 14.9. The summed E-state index contributed by atoms with van der Waals surface area (Å²) in [5, 5.41) is 13.2. The zero-order chi connectivity index (χ0) is 22.4. The average Bonchev–Trinajstić information content (AvgIpc) is 2.78. The highest BCUT2D eigenvalue weighted by atomic mass is 79.9. The largest absolute Gasteiger partial charge is 0.493 e. The Hall–Kier alpha value is -3.11. The van der Waals surface area contributed by atoms with E-state index in [0.717, 1.165) is 4.47 Å². The molecule has 1 amide bonds. The molecule has 1 unspecified atom stereocenters. The van der Waals surface area contributed by atoms with E-state index in [-0.39, 0.29) is 25.3 Å². The molecule has 164 valence electrons. The van der Waals surface area contributed by atoms with Gasteiger partial charge in [-0.3, -0.25) is 14.2 Å². The Labute approximate surface area is 186 Å². The normalized spacial score (nSPS) is 11.7. The van der Waals surface area contributed by atoms with E-state index in [1.165, 1.54) is 25.1 Å². The van der Waals surface area contributed by atoms with Crippen molar-refractivity contribution in [2.45, 2.75) is 12.6 Å². The van der Waals surface area contributed by atoms with Crippen LogP contribution in [-0.4, -0.2) is 54.0 Å². The molecule has 9 nitrogen and oxygen atoms in total. The third-order valence-electron chi connectivity index (χ3n) is 4.44. The van der Waals surface area contributed by atoms with Crippen LogP contribution in [0.25, 0.3) is 10.9 Å². The third kappa shape index (κ3) is 5.53. The molecule has 0 radical (unpaired) electrons. The van der Waals surface area contributed by atoms with Gasteiger partial charge in [0.2, 0.25) is 11.7 Å². The lowest BCUT2D eigenvalue weighted by molar-refractivity contribution is -0.122. The number of carbonyl (C=O) groups excluding carboxylic acids is 1. The highest BCUT2D eigenvalue weighted by molar-refractivity contribution is 9.10. The van der Waals surface area contributed by atoms with Crippen LogP contribution in [0.3, 0.4) is 0 Å². The van der Waals surface area contributed by atoms with E-state index >= 15 is 0 Å². The van der Waals surface area contributed by atoms with Crippen LogP contribution < -0.4 is 25.1 Å². The maximum Gasteiger partial charge on any atom is 0.261 e. The van der Waals surface area contributed by atoms with Crippen molar-refractivity contribution in [2.75, 3.05) is 27.4 Å². The number of ether oxygens (including phenoxy) is 3. The lowest BCUT2D eigenvalue weighted by Gasteiger charge is -2.17. The minimum absolute atomic E-state index is 0.0579. The Kier molecular flexibility index (Phi) is 7.48. The van der Waals surface area contributed by atoms with Crippen LogP contribution in [-0.2, 0) is 11.3 Å². The Bertz CT molecular complexity index is 1110. The van der Waals surface area contributed by atoms with Crippen LogP contribution in [0.1, 0.15) is 0 Å². The number of para-hydroxylation sites is 1. The summed E-state index contributed by atoms with van der Waals surface area (Å²) in [5.74, 6) is 0.848. The molecule has 3 rings (SSSR count). The second kappa shape index (κ2) is 10.3. The summed E-state index contributed by atoms with van der Waals surface area (Å²) in [7, 11) is 3.00. The number of aliphatic hydroxyl groups excluding tert-OH is 1. The minimum atomic E-state index is -0.985. The smallest absolute Gasteiger partial charge is 0.261 e. The molecule has 0 aliphatic rings. The van der Waals surface area contributed by atoms with Gasteiger partial charge in [-0.1, -0.05) is 22.0 Å². The van der Waals surface area contributed by atoms with Gasteiger partial charge in [-0.15, -0.1) is 0 Å². The number of amides is 1. The molecule has 1 aromatic heterocycles. The molecule has 3 aromatic rings. The molecule has 0 bridgehead atoms. The molecule has 1 atom stereocenters. The molecular weight excluding hydrogens is 470 g/mol. The van der Waals surface area contributed by atoms with Gasteiger partial charge in [-0.25, -0.2) is 4.98 Å². The quantitative estimate of drug-likeness (QED) is 0.468. The van der Waals surface area contributed by atoms with Crippen molar-refractivity contribution in [1.29, 1.82) is 0 Å². The maximum atomic E-state index is 12.6. The van der Waals surface area contributed by atoms with E-state index < -0.39 is 12.0 Å². The predicted octanol–water partition coefficient (Wildman–Crippen LogP) is 1.73. The van der Waals surface area contributed by atoms with Gasteiger partial charge in [0, 0.05) is 11.0 Å².